The van der Waals surface area contributed by atoms with Crippen LogP contribution >= 0.6 is 0 Å². The molecule has 1 aliphatic carbocycles. The number of fused-ring (bicyclic) bond motifs is 4. The molecule has 0 saturated carbocycles. The Morgan fingerprint density at radius 1 is 0.386 bits per heavy atom. The van der Waals surface area contributed by atoms with Crippen molar-refractivity contribution < 1.29 is 0 Å². The molecular weight excluding hydrogens is 693 g/mol. The topological polar surface area (TPSA) is 62.5 Å². The molecule has 268 valence electrons. The molecule has 1 aliphatic rings. The number of nitrogens with zero attached hydrogens (tertiary/aromatic N) is 4. The molecule has 0 amide bonds. The Hall–Kier alpha value is -7.48. The third-order valence-corrected chi connectivity index (χ3v) is 11.3. The smallest absolute Gasteiger partial charge is 0.164 e. The largest absolute Gasteiger partial charge is 0.208 e. The van der Waals surface area contributed by atoms with Crippen molar-refractivity contribution in [3.63, 3.8) is 0 Å². The zero-order valence-corrected chi connectivity index (χ0v) is 31.6. The summed E-state index contributed by atoms with van der Waals surface area (Å²) >= 11 is 0. The van der Waals surface area contributed by atoms with E-state index in [1.807, 2.05) is 48.5 Å². The lowest BCUT2D eigenvalue weighted by Crippen LogP contribution is -2.15. The highest BCUT2D eigenvalue weighted by Crippen LogP contribution is 2.50. The first-order valence-electron chi connectivity index (χ1n) is 19.2. The standard InChI is InChI=1S/C53H36N4/c1-53(2)48-28-34(33-54)20-26-46(48)47-27-25-40(32-49(47)53)41-29-42(45-19-11-17-37-14-9-10-18-44(37)45)31-43(30-41)52-56-50(38-15-7-4-8-16-38)55-51(57-52)39-23-21-36(22-24-39)35-12-5-3-6-13-35/h3-32H,1-2H3. The molecule has 0 spiro atoms. The predicted octanol–water partition coefficient (Wildman–Crippen LogP) is 13.2. The molecular formula is C53H36N4. The molecule has 0 N–H and O–H groups in total. The Morgan fingerprint density at radius 3 is 1.61 bits per heavy atom. The van der Waals surface area contributed by atoms with Crippen molar-refractivity contribution in [3.8, 4) is 84.7 Å². The van der Waals surface area contributed by atoms with E-state index in [0.717, 1.165) is 50.1 Å². The van der Waals surface area contributed by atoms with E-state index in [4.69, 9.17) is 15.0 Å². The Balaban J connectivity index is 1.17. The van der Waals surface area contributed by atoms with Crippen molar-refractivity contribution in [2.45, 2.75) is 19.3 Å². The lowest BCUT2D eigenvalue weighted by Gasteiger charge is -2.22. The molecule has 1 aromatic heterocycles. The van der Waals surface area contributed by atoms with Gasteiger partial charge in [-0.2, -0.15) is 5.26 Å². The summed E-state index contributed by atoms with van der Waals surface area (Å²) in [6.07, 6.45) is 0. The van der Waals surface area contributed by atoms with Crippen LogP contribution in [0.5, 0.6) is 0 Å². The van der Waals surface area contributed by atoms with Crippen molar-refractivity contribution >= 4 is 10.8 Å². The minimum Gasteiger partial charge on any atom is -0.208 e. The normalized spacial score (nSPS) is 12.5. The van der Waals surface area contributed by atoms with Crippen LogP contribution in [0.3, 0.4) is 0 Å². The van der Waals surface area contributed by atoms with Crippen LogP contribution in [0.15, 0.2) is 182 Å². The summed E-state index contributed by atoms with van der Waals surface area (Å²) in [5, 5.41) is 12.1. The quantitative estimate of drug-likeness (QED) is 0.171. The van der Waals surface area contributed by atoms with Crippen LogP contribution in [0.4, 0.5) is 0 Å². The number of benzene rings is 8. The lowest BCUT2D eigenvalue weighted by molar-refractivity contribution is 0.660. The highest BCUT2D eigenvalue weighted by molar-refractivity contribution is 5.98. The fourth-order valence-corrected chi connectivity index (χ4v) is 8.34. The second-order valence-electron chi connectivity index (χ2n) is 15.2. The number of aromatic nitrogens is 3. The molecule has 4 nitrogen and oxygen atoms in total. The van der Waals surface area contributed by atoms with Crippen LogP contribution < -0.4 is 0 Å². The van der Waals surface area contributed by atoms with Gasteiger partial charge in [-0.3, -0.25) is 0 Å². The van der Waals surface area contributed by atoms with Gasteiger partial charge in [-0.15, -0.1) is 0 Å². The molecule has 57 heavy (non-hydrogen) atoms. The summed E-state index contributed by atoms with van der Waals surface area (Å²) < 4.78 is 0. The Labute approximate surface area is 332 Å². The van der Waals surface area contributed by atoms with Gasteiger partial charge >= 0.3 is 0 Å². The minimum atomic E-state index is -0.270. The van der Waals surface area contributed by atoms with E-state index in [-0.39, 0.29) is 5.41 Å². The van der Waals surface area contributed by atoms with Gasteiger partial charge in [0.25, 0.3) is 0 Å². The van der Waals surface area contributed by atoms with Gasteiger partial charge in [0.05, 0.1) is 11.6 Å². The molecule has 0 bridgehead atoms. The van der Waals surface area contributed by atoms with E-state index in [2.05, 4.69) is 153 Å². The van der Waals surface area contributed by atoms with Crippen molar-refractivity contribution in [1.29, 1.82) is 5.26 Å². The molecule has 10 rings (SSSR count). The monoisotopic (exact) mass is 728 g/mol. The molecule has 0 saturated heterocycles. The average Bonchev–Trinajstić information content (AvgIpc) is 3.51. The predicted molar refractivity (Wildman–Crippen MR) is 232 cm³/mol. The third kappa shape index (κ3) is 6.07. The summed E-state index contributed by atoms with van der Waals surface area (Å²) in [5.74, 6) is 1.84. The number of hydrogen-bond donors (Lipinski definition) is 0. The van der Waals surface area contributed by atoms with E-state index in [0.29, 0.717) is 23.0 Å². The van der Waals surface area contributed by atoms with Gasteiger partial charge in [0.2, 0.25) is 0 Å². The molecule has 0 atom stereocenters. The summed E-state index contributed by atoms with van der Waals surface area (Å²) in [6.45, 7) is 4.51. The molecule has 0 fully saturated rings. The second-order valence-corrected chi connectivity index (χ2v) is 15.2. The van der Waals surface area contributed by atoms with E-state index in [1.165, 1.54) is 33.0 Å². The van der Waals surface area contributed by atoms with E-state index < -0.39 is 0 Å². The first kappa shape index (κ1) is 34.0. The highest BCUT2D eigenvalue weighted by Gasteiger charge is 2.36. The SMILES string of the molecule is CC1(C)c2cc(C#N)ccc2-c2ccc(-c3cc(-c4nc(-c5ccccc5)nc(-c5ccc(-c6ccccc6)cc5)n4)cc(-c4cccc5ccccc45)c3)cc21. The van der Waals surface area contributed by atoms with Crippen molar-refractivity contribution in [2.24, 2.45) is 0 Å². The zero-order chi connectivity index (χ0) is 38.5. The Morgan fingerprint density at radius 2 is 0.895 bits per heavy atom. The zero-order valence-electron chi connectivity index (χ0n) is 31.6. The van der Waals surface area contributed by atoms with Crippen LogP contribution in [0.1, 0.15) is 30.5 Å². The maximum atomic E-state index is 9.71. The van der Waals surface area contributed by atoms with Gasteiger partial charge < -0.3 is 0 Å². The molecule has 9 aromatic rings. The molecule has 0 unspecified atom stereocenters. The van der Waals surface area contributed by atoms with Gasteiger partial charge in [0.15, 0.2) is 17.5 Å². The maximum absolute atomic E-state index is 9.71. The molecule has 0 aliphatic heterocycles. The first-order valence-corrected chi connectivity index (χ1v) is 19.2. The van der Waals surface area contributed by atoms with Gasteiger partial charge in [-0.05, 0) is 103 Å². The summed E-state index contributed by atoms with van der Waals surface area (Å²) in [7, 11) is 0. The van der Waals surface area contributed by atoms with Crippen LogP contribution in [0, 0.1) is 11.3 Å². The van der Waals surface area contributed by atoms with E-state index in [1.54, 1.807) is 0 Å². The number of nitriles is 1. The van der Waals surface area contributed by atoms with Crippen molar-refractivity contribution in [1.82, 2.24) is 15.0 Å². The van der Waals surface area contributed by atoms with Crippen LogP contribution in [-0.4, -0.2) is 15.0 Å². The minimum absolute atomic E-state index is 0.270. The molecule has 0 radical (unpaired) electrons. The van der Waals surface area contributed by atoms with Crippen LogP contribution in [0.2, 0.25) is 0 Å². The fraction of sp³-hybridized carbons (Fsp3) is 0.0566. The molecule has 1 heterocycles. The van der Waals surface area contributed by atoms with Crippen molar-refractivity contribution in [2.75, 3.05) is 0 Å². The summed E-state index contributed by atoms with van der Waals surface area (Å²) in [6, 6.07) is 65.9. The maximum Gasteiger partial charge on any atom is 0.164 e. The van der Waals surface area contributed by atoms with Gasteiger partial charge in [-0.25, -0.2) is 15.0 Å². The molecule has 4 heteroatoms. The Kier molecular flexibility index (Phi) is 8.17. The van der Waals surface area contributed by atoms with E-state index >= 15 is 0 Å². The van der Waals surface area contributed by atoms with Gasteiger partial charge in [0.1, 0.15) is 0 Å². The van der Waals surface area contributed by atoms with E-state index in [9.17, 15) is 5.26 Å². The summed E-state index contributed by atoms with van der Waals surface area (Å²) in [5.41, 5.74) is 14.7. The van der Waals surface area contributed by atoms with Gasteiger partial charge in [-0.1, -0.05) is 159 Å². The first-order chi connectivity index (χ1) is 27.9. The van der Waals surface area contributed by atoms with Crippen molar-refractivity contribution in [3.05, 3.63) is 199 Å². The third-order valence-electron chi connectivity index (χ3n) is 11.3. The second kappa shape index (κ2) is 13.7. The van der Waals surface area contributed by atoms with Crippen LogP contribution in [-0.2, 0) is 5.41 Å². The van der Waals surface area contributed by atoms with Crippen LogP contribution in [0.25, 0.3) is 89.4 Å². The highest BCUT2D eigenvalue weighted by atomic mass is 15.0. The number of rotatable bonds is 6. The average molecular weight is 729 g/mol. The summed E-state index contributed by atoms with van der Waals surface area (Å²) in [4.78, 5) is 15.4. The molecule has 8 aromatic carbocycles. The van der Waals surface area contributed by atoms with Gasteiger partial charge in [0, 0.05) is 22.1 Å². The Bertz CT molecular complexity index is 3030. The lowest BCUT2D eigenvalue weighted by atomic mass is 9.81. The fourth-order valence-electron chi connectivity index (χ4n) is 8.34. The number of hydrogen-bond acceptors (Lipinski definition) is 4.